The number of likely N-dealkylation sites (tertiary alicyclic amines) is 1. The van der Waals surface area contributed by atoms with Crippen LogP contribution in [0.3, 0.4) is 0 Å². The Hall–Kier alpha value is -1.63. The Morgan fingerprint density at radius 2 is 1.88 bits per heavy atom. The average Bonchev–Trinajstić information content (AvgIpc) is 2.97. The second kappa shape index (κ2) is 9.61. The van der Waals surface area contributed by atoms with Crippen molar-refractivity contribution in [1.29, 1.82) is 0 Å². The summed E-state index contributed by atoms with van der Waals surface area (Å²) < 4.78 is 0. The molecule has 3 rings (SSSR count). The molecule has 24 heavy (non-hydrogen) atoms. The van der Waals surface area contributed by atoms with E-state index in [-0.39, 0.29) is 24.3 Å². The third kappa shape index (κ3) is 5.78. The molecule has 2 amide bonds. The molecule has 0 spiro atoms. The van der Waals surface area contributed by atoms with E-state index in [2.05, 4.69) is 15.5 Å². The van der Waals surface area contributed by atoms with Crippen LogP contribution in [0.1, 0.15) is 44.9 Å². The molecule has 0 aromatic carbocycles. The van der Waals surface area contributed by atoms with Crippen LogP contribution in [0.15, 0.2) is 0 Å². The van der Waals surface area contributed by atoms with Gasteiger partial charge in [0.05, 0.1) is 0 Å². The van der Waals surface area contributed by atoms with Crippen LogP contribution in [0, 0.1) is 11.8 Å². The van der Waals surface area contributed by atoms with Crippen LogP contribution in [-0.4, -0.2) is 60.5 Å². The average molecular weight is 339 g/mol. The summed E-state index contributed by atoms with van der Waals surface area (Å²) in [6.07, 6.45) is 7.76. The van der Waals surface area contributed by atoms with Gasteiger partial charge in [-0.15, -0.1) is 0 Å². The van der Waals surface area contributed by atoms with Crippen LogP contribution in [0.5, 0.6) is 0 Å². The number of rotatable bonds is 5. The maximum Gasteiger partial charge on any atom is 0.290 e. The first kappa shape index (κ1) is 18.7. The minimum absolute atomic E-state index is 0.000507. The predicted octanol–water partition coefficient (Wildman–Crippen LogP) is 0.594. The van der Waals surface area contributed by atoms with Gasteiger partial charge in [0.1, 0.15) is 6.04 Å². The van der Waals surface area contributed by atoms with Gasteiger partial charge in [-0.2, -0.15) is 0 Å². The molecule has 3 N–H and O–H groups in total. The lowest BCUT2D eigenvalue weighted by atomic mass is 9.84. The Kier molecular flexibility index (Phi) is 7.49. The van der Waals surface area contributed by atoms with Gasteiger partial charge in [-0.05, 0) is 57.0 Å². The van der Waals surface area contributed by atoms with Crippen LogP contribution < -0.4 is 10.6 Å². The van der Waals surface area contributed by atoms with Gasteiger partial charge in [0.2, 0.25) is 11.8 Å². The highest BCUT2D eigenvalue weighted by Gasteiger charge is 2.28. The Morgan fingerprint density at radius 1 is 1.21 bits per heavy atom. The monoisotopic (exact) mass is 339 g/mol. The first-order valence-electron chi connectivity index (χ1n) is 8.99. The topological polar surface area (TPSA) is 98.7 Å². The van der Waals surface area contributed by atoms with Crippen LogP contribution in [0.25, 0.3) is 0 Å². The summed E-state index contributed by atoms with van der Waals surface area (Å²) in [5.74, 6) is 1.55. The lowest BCUT2D eigenvalue weighted by Crippen LogP contribution is -2.45. The van der Waals surface area contributed by atoms with E-state index in [0.29, 0.717) is 18.8 Å². The van der Waals surface area contributed by atoms with E-state index >= 15 is 0 Å². The van der Waals surface area contributed by atoms with Crippen molar-refractivity contribution in [1.82, 2.24) is 15.5 Å². The number of nitrogens with zero attached hydrogens (tertiary/aromatic N) is 1. The molecule has 136 valence electrons. The van der Waals surface area contributed by atoms with Gasteiger partial charge in [0.25, 0.3) is 6.47 Å². The van der Waals surface area contributed by atoms with Crippen LogP contribution in [0.2, 0.25) is 0 Å². The fourth-order valence-corrected chi connectivity index (χ4v) is 3.59. The molecule has 0 bridgehead atoms. The zero-order valence-electron chi connectivity index (χ0n) is 14.2. The number of hydrogen-bond acceptors (Lipinski definition) is 4. The van der Waals surface area contributed by atoms with Crippen molar-refractivity contribution < 1.29 is 19.5 Å². The number of amides is 2. The zero-order valence-corrected chi connectivity index (χ0v) is 14.2. The van der Waals surface area contributed by atoms with E-state index in [0.717, 1.165) is 12.5 Å². The molecule has 1 aliphatic carbocycles. The number of carbonyl (C=O) groups excluding carboxylic acids is 2. The molecule has 0 aromatic rings. The first-order valence-corrected chi connectivity index (χ1v) is 8.99. The van der Waals surface area contributed by atoms with Crippen LogP contribution >= 0.6 is 0 Å². The van der Waals surface area contributed by atoms with E-state index in [1.165, 1.54) is 51.7 Å². The molecule has 7 nitrogen and oxygen atoms in total. The van der Waals surface area contributed by atoms with Gasteiger partial charge >= 0.3 is 0 Å². The molecule has 7 heteroatoms. The number of hydrogen-bond donors (Lipinski definition) is 3. The largest absolute Gasteiger partial charge is 0.483 e. The molecule has 3 aliphatic rings. The summed E-state index contributed by atoms with van der Waals surface area (Å²) in [6, 6.07) is -0.295. The molecule has 2 aliphatic heterocycles. The van der Waals surface area contributed by atoms with E-state index in [1.807, 2.05) is 0 Å². The van der Waals surface area contributed by atoms with Crippen molar-refractivity contribution in [3.63, 3.8) is 0 Å². The standard InChI is InChI=1S/C16H27N3O2.CH2O2/c20-15-5-4-14(18-15)16(21)17-10-12-6-8-19(9-7-12)11-13-2-1-3-13;2-1-3/h12-14H,1-11H2,(H,17,21)(H,18,20);1H,(H,2,3). The second-order valence-corrected chi connectivity index (χ2v) is 7.05. The van der Waals surface area contributed by atoms with Crippen molar-refractivity contribution in [3.05, 3.63) is 0 Å². The molecule has 1 atom stereocenters. The van der Waals surface area contributed by atoms with Gasteiger partial charge in [-0.3, -0.25) is 14.4 Å². The summed E-state index contributed by atoms with van der Waals surface area (Å²) in [5.41, 5.74) is 0. The number of carboxylic acid groups (broad SMARTS) is 1. The maximum atomic E-state index is 12.0. The van der Waals surface area contributed by atoms with E-state index in [4.69, 9.17) is 9.90 Å². The van der Waals surface area contributed by atoms with Gasteiger partial charge < -0.3 is 20.6 Å². The lowest BCUT2D eigenvalue weighted by molar-refractivity contribution is -0.125. The summed E-state index contributed by atoms with van der Waals surface area (Å²) in [6.45, 7) is 4.16. The van der Waals surface area contributed by atoms with E-state index < -0.39 is 0 Å². The number of carbonyl (C=O) groups is 3. The predicted molar refractivity (Wildman–Crippen MR) is 89.4 cm³/mol. The minimum atomic E-state index is -0.295. The van der Waals surface area contributed by atoms with Gasteiger partial charge in [-0.25, -0.2) is 0 Å². The smallest absolute Gasteiger partial charge is 0.290 e. The Balaban J connectivity index is 0.000000647. The number of nitrogens with one attached hydrogen (secondary N) is 2. The third-order valence-electron chi connectivity index (χ3n) is 5.33. The second-order valence-electron chi connectivity index (χ2n) is 7.05. The highest BCUT2D eigenvalue weighted by molar-refractivity contribution is 5.90. The van der Waals surface area contributed by atoms with Gasteiger partial charge in [-0.1, -0.05) is 6.42 Å². The number of piperidine rings is 1. The first-order chi connectivity index (χ1) is 11.6. The van der Waals surface area contributed by atoms with Crippen molar-refractivity contribution >= 4 is 18.3 Å². The summed E-state index contributed by atoms with van der Waals surface area (Å²) in [7, 11) is 0. The van der Waals surface area contributed by atoms with Crippen molar-refractivity contribution in [2.75, 3.05) is 26.2 Å². The third-order valence-corrected chi connectivity index (χ3v) is 5.33. The highest BCUT2D eigenvalue weighted by Crippen LogP contribution is 2.28. The summed E-state index contributed by atoms with van der Waals surface area (Å²) >= 11 is 0. The zero-order chi connectivity index (χ0) is 17.4. The maximum absolute atomic E-state index is 12.0. The van der Waals surface area contributed by atoms with Crippen molar-refractivity contribution in [2.45, 2.75) is 51.0 Å². The summed E-state index contributed by atoms with van der Waals surface area (Å²) in [5, 5.41) is 12.6. The molecule has 1 unspecified atom stereocenters. The molecule has 2 saturated heterocycles. The Morgan fingerprint density at radius 3 is 2.38 bits per heavy atom. The highest BCUT2D eigenvalue weighted by atomic mass is 16.3. The molecule has 0 radical (unpaired) electrons. The molecular formula is C17H29N3O4. The Bertz CT molecular complexity index is 432. The Labute approximate surface area is 143 Å². The quantitative estimate of drug-likeness (QED) is 0.637. The van der Waals surface area contributed by atoms with Crippen LogP contribution in [0.4, 0.5) is 0 Å². The molecule has 0 aromatic heterocycles. The fourth-order valence-electron chi connectivity index (χ4n) is 3.59. The van der Waals surface area contributed by atoms with Gasteiger partial charge in [0, 0.05) is 19.5 Å². The molecule has 2 heterocycles. The molecule has 1 saturated carbocycles. The SMILES string of the molecule is O=C1CCC(C(=O)NCC2CCN(CC3CCC3)CC2)N1.O=CO. The van der Waals surface area contributed by atoms with Gasteiger partial charge in [0.15, 0.2) is 0 Å². The normalized spacial score (nSPS) is 25.2. The van der Waals surface area contributed by atoms with Crippen molar-refractivity contribution in [2.24, 2.45) is 11.8 Å². The summed E-state index contributed by atoms with van der Waals surface area (Å²) in [4.78, 5) is 34.0. The minimum Gasteiger partial charge on any atom is -0.483 e. The van der Waals surface area contributed by atoms with Crippen molar-refractivity contribution in [3.8, 4) is 0 Å². The molecular weight excluding hydrogens is 310 g/mol. The fraction of sp³-hybridized carbons (Fsp3) is 0.824. The van der Waals surface area contributed by atoms with Crippen LogP contribution in [-0.2, 0) is 14.4 Å². The van der Waals surface area contributed by atoms with E-state index in [1.54, 1.807) is 0 Å². The molecule has 3 fully saturated rings. The van der Waals surface area contributed by atoms with E-state index in [9.17, 15) is 9.59 Å². The lowest BCUT2D eigenvalue weighted by Gasteiger charge is -2.37.